The summed E-state index contributed by atoms with van der Waals surface area (Å²) in [6.07, 6.45) is 0.0178. The molecule has 1 fully saturated rings. The molecule has 4 aromatic rings. The standard InChI is InChI=1S/C30H30N4O3/c1-30(2)33-27(21-13-7-4-8-14-21)29(36)34(30)17-18-37-28-23(19-25(31)35)22-15-9-10-16-24(22)32-26(28)20-11-5-3-6-12-20/h3-16,27,33H,17-19H2,1-2H3,(H2,31,35)/t27-/m0/s1. The molecule has 1 aliphatic rings. The van der Waals surface area contributed by atoms with Crippen LogP contribution >= 0.6 is 0 Å². The summed E-state index contributed by atoms with van der Waals surface area (Å²) in [4.78, 5) is 32.1. The second-order valence-electron chi connectivity index (χ2n) is 9.68. The summed E-state index contributed by atoms with van der Waals surface area (Å²) in [6, 6.07) is 26.7. The maximum atomic E-state index is 13.4. The summed E-state index contributed by atoms with van der Waals surface area (Å²) >= 11 is 0. The van der Waals surface area contributed by atoms with E-state index in [1.165, 1.54) is 0 Å². The van der Waals surface area contributed by atoms with Crippen molar-refractivity contribution in [1.82, 2.24) is 15.2 Å². The first-order valence-corrected chi connectivity index (χ1v) is 12.4. The van der Waals surface area contributed by atoms with Crippen LogP contribution in [0.1, 0.15) is 31.0 Å². The maximum Gasteiger partial charge on any atom is 0.245 e. The SMILES string of the molecule is CC1(C)N[C@@H](c2ccccc2)C(=O)N1CCOc1c(-c2ccccc2)nc2ccccc2c1CC(N)=O. The number of pyridine rings is 1. The van der Waals surface area contributed by atoms with E-state index < -0.39 is 17.6 Å². The number of carbonyl (C=O) groups excluding carboxylic acids is 2. The normalized spacial score (nSPS) is 16.8. The van der Waals surface area contributed by atoms with Gasteiger partial charge in [0.1, 0.15) is 24.1 Å². The van der Waals surface area contributed by atoms with Gasteiger partial charge in [-0.05, 0) is 25.5 Å². The Balaban J connectivity index is 1.47. The average molecular weight is 495 g/mol. The number of hydrogen-bond donors (Lipinski definition) is 2. The molecular weight excluding hydrogens is 464 g/mol. The Labute approximate surface area is 216 Å². The number of primary amides is 1. The lowest BCUT2D eigenvalue weighted by atomic mass is 10.00. The molecule has 7 heteroatoms. The summed E-state index contributed by atoms with van der Waals surface area (Å²) in [5, 5.41) is 4.26. The van der Waals surface area contributed by atoms with E-state index in [1.54, 1.807) is 4.90 Å². The molecule has 1 aliphatic heterocycles. The Hall–Kier alpha value is -4.23. The van der Waals surface area contributed by atoms with Gasteiger partial charge in [-0.2, -0.15) is 0 Å². The molecule has 0 spiro atoms. The first-order valence-electron chi connectivity index (χ1n) is 12.4. The van der Waals surface area contributed by atoms with Gasteiger partial charge in [0.15, 0.2) is 0 Å². The number of aromatic nitrogens is 1. The minimum absolute atomic E-state index is 0.00270. The van der Waals surface area contributed by atoms with Crippen LogP contribution in [0.4, 0.5) is 0 Å². The summed E-state index contributed by atoms with van der Waals surface area (Å²) < 4.78 is 6.38. The number of nitrogens with zero attached hydrogens (tertiary/aromatic N) is 2. The molecule has 2 amide bonds. The first kappa shape index (κ1) is 24.5. The molecule has 0 unspecified atom stereocenters. The Bertz CT molecular complexity index is 1440. The van der Waals surface area contributed by atoms with E-state index >= 15 is 0 Å². The second-order valence-corrected chi connectivity index (χ2v) is 9.68. The largest absolute Gasteiger partial charge is 0.489 e. The van der Waals surface area contributed by atoms with Gasteiger partial charge in [-0.15, -0.1) is 0 Å². The van der Waals surface area contributed by atoms with Crippen molar-refractivity contribution in [2.24, 2.45) is 5.73 Å². The quantitative estimate of drug-likeness (QED) is 0.382. The van der Waals surface area contributed by atoms with Gasteiger partial charge in [-0.25, -0.2) is 4.98 Å². The van der Waals surface area contributed by atoms with Crippen molar-refractivity contribution in [3.05, 3.63) is 96.1 Å². The number of nitrogens with two attached hydrogens (primary N) is 1. The molecule has 188 valence electrons. The van der Waals surface area contributed by atoms with Crippen molar-refractivity contribution in [2.75, 3.05) is 13.2 Å². The molecule has 5 rings (SSSR count). The topological polar surface area (TPSA) is 97.6 Å². The van der Waals surface area contributed by atoms with Gasteiger partial charge >= 0.3 is 0 Å². The van der Waals surface area contributed by atoms with E-state index in [2.05, 4.69) is 5.32 Å². The van der Waals surface area contributed by atoms with E-state index in [0.717, 1.165) is 22.0 Å². The summed E-state index contributed by atoms with van der Waals surface area (Å²) in [5.41, 5.74) is 9.00. The highest BCUT2D eigenvalue weighted by Crippen LogP contribution is 2.37. The molecule has 3 N–H and O–H groups in total. The number of rotatable bonds is 8. The maximum absolute atomic E-state index is 13.4. The summed E-state index contributed by atoms with van der Waals surface area (Å²) in [6.45, 7) is 4.56. The zero-order valence-corrected chi connectivity index (χ0v) is 21.0. The highest BCUT2D eigenvalue weighted by atomic mass is 16.5. The number of carbonyl (C=O) groups is 2. The highest BCUT2D eigenvalue weighted by Gasteiger charge is 2.44. The summed E-state index contributed by atoms with van der Waals surface area (Å²) in [7, 11) is 0. The molecule has 1 atom stereocenters. The van der Waals surface area contributed by atoms with E-state index in [4.69, 9.17) is 15.5 Å². The Morgan fingerprint density at radius 2 is 1.65 bits per heavy atom. The van der Waals surface area contributed by atoms with Crippen LogP contribution in [0.2, 0.25) is 0 Å². The molecule has 0 aliphatic carbocycles. The zero-order chi connectivity index (χ0) is 26.0. The van der Waals surface area contributed by atoms with Gasteiger partial charge in [0.05, 0.1) is 24.1 Å². The van der Waals surface area contributed by atoms with Crippen LogP contribution in [0.25, 0.3) is 22.2 Å². The lowest BCUT2D eigenvalue weighted by molar-refractivity contribution is -0.132. The van der Waals surface area contributed by atoms with Crippen LogP contribution < -0.4 is 15.8 Å². The fourth-order valence-electron chi connectivity index (χ4n) is 4.98. The molecule has 1 aromatic heterocycles. The van der Waals surface area contributed by atoms with Gasteiger partial charge in [0.25, 0.3) is 0 Å². The third-order valence-corrected chi connectivity index (χ3v) is 6.73. The molecule has 0 radical (unpaired) electrons. The average Bonchev–Trinajstić information content (AvgIpc) is 3.13. The molecule has 1 saturated heterocycles. The van der Waals surface area contributed by atoms with Crippen LogP contribution in [0, 0.1) is 0 Å². The van der Waals surface area contributed by atoms with Crippen molar-refractivity contribution in [3.63, 3.8) is 0 Å². The lowest BCUT2D eigenvalue weighted by Crippen LogP contribution is -2.48. The van der Waals surface area contributed by atoms with E-state index in [-0.39, 0.29) is 18.9 Å². The molecule has 0 bridgehead atoms. The van der Waals surface area contributed by atoms with Crippen LogP contribution in [0.15, 0.2) is 84.9 Å². The summed E-state index contributed by atoms with van der Waals surface area (Å²) in [5.74, 6) is 0.0590. The molecule has 2 heterocycles. The van der Waals surface area contributed by atoms with Crippen molar-refractivity contribution in [2.45, 2.75) is 32.0 Å². The predicted octanol–water partition coefficient (Wildman–Crippen LogP) is 4.22. The van der Waals surface area contributed by atoms with E-state index in [0.29, 0.717) is 23.6 Å². The third kappa shape index (κ3) is 4.90. The van der Waals surface area contributed by atoms with E-state index in [1.807, 2.05) is 98.8 Å². The number of para-hydroxylation sites is 1. The number of fused-ring (bicyclic) bond motifs is 1. The fraction of sp³-hybridized carbons (Fsp3) is 0.233. The van der Waals surface area contributed by atoms with Gasteiger partial charge in [0.2, 0.25) is 11.8 Å². The molecule has 37 heavy (non-hydrogen) atoms. The van der Waals surface area contributed by atoms with Crippen LogP contribution in [-0.2, 0) is 16.0 Å². The second kappa shape index (κ2) is 10.0. The minimum Gasteiger partial charge on any atom is -0.489 e. The Kier molecular flexibility index (Phi) is 6.63. The number of hydrogen-bond acceptors (Lipinski definition) is 5. The number of amides is 2. The van der Waals surface area contributed by atoms with Crippen LogP contribution in [0.3, 0.4) is 0 Å². The number of benzene rings is 3. The van der Waals surface area contributed by atoms with Gasteiger partial charge in [-0.1, -0.05) is 78.9 Å². The van der Waals surface area contributed by atoms with Crippen LogP contribution in [0.5, 0.6) is 5.75 Å². The van der Waals surface area contributed by atoms with Gasteiger partial charge in [0, 0.05) is 16.5 Å². The predicted molar refractivity (Wildman–Crippen MR) is 144 cm³/mol. The zero-order valence-electron chi connectivity index (χ0n) is 21.0. The molecule has 0 saturated carbocycles. The molecule has 3 aromatic carbocycles. The van der Waals surface area contributed by atoms with Gasteiger partial charge < -0.3 is 15.4 Å². The smallest absolute Gasteiger partial charge is 0.245 e. The fourth-order valence-corrected chi connectivity index (χ4v) is 4.98. The monoisotopic (exact) mass is 494 g/mol. The highest BCUT2D eigenvalue weighted by molar-refractivity contribution is 5.93. The van der Waals surface area contributed by atoms with Crippen LogP contribution in [-0.4, -0.2) is 40.5 Å². The van der Waals surface area contributed by atoms with E-state index in [9.17, 15) is 9.59 Å². The Morgan fingerprint density at radius 1 is 1.00 bits per heavy atom. The third-order valence-electron chi connectivity index (χ3n) is 6.73. The molecular formula is C30H30N4O3. The number of nitrogens with one attached hydrogen (secondary N) is 1. The molecule has 7 nitrogen and oxygen atoms in total. The van der Waals surface area contributed by atoms with Gasteiger partial charge in [-0.3, -0.25) is 14.9 Å². The Morgan fingerprint density at radius 3 is 2.35 bits per heavy atom. The van der Waals surface area contributed by atoms with Crippen molar-refractivity contribution in [3.8, 4) is 17.0 Å². The van der Waals surface area contributed by atoms with Crippen molar-refractivity contribution < 1.29 is 14.3 Å². The van der Waals surface area contributed by atoms with Crippen molar-refractivity contribution >= 4 is 22.7 Å². The minimum atomic E-state index is -0.555. The first-order chi connectivity index (χ1) is 17.8. The number of ether oxygens (including phenoxy) is 1. The van der Waals surface area contributed by atoms with Crippen molar-refractivity contribution in [1.29, 1.82) is 0 Å². The lowest BCUT2D eigenvalue weighted by Gasteiger charge is -2.31.